The maximum atomic E-state index is 11.9. The average molecular weight is 347 g/mol. The Hall–Kier alpha value is -3.03. The summed E-state index contributed by atoms with van der Waals surface area (Å²) in [5.74, 6) is 0.456. The number of aliphatic carboxylic acids is 1. The van der Waals surface area contributed by atoms with Crippen LogP contribution in [0.2, 0.25) is 0 Å². The molecule has 8 heteroatoms. The Balaban J connectivity index is 1.72. The molecule has 2 N–H and O–H groups in total. The van der Waals surface area contributed by atoms with Gasteiger partial charge in [0.15, 0.2) is 17.3 Å². The van der Waals surface area contributed by atoms with Gasteiger partial charge in [-0.25, -0.2) is 0 Å². The van der Waals surface area contributed by atoms with Crippen molar-refractivity contribution in [3.05, 3.63) is 36.5 Å². The normalized spacial score (nSPS) is 10.3. The fourth-order valence-corrected chi connectivity index (χ4v) is 2.12. The first-order chi connectivity index (χ1) is 12.1. The van der Waals surface area contributed by atoms with Crippen LogP contribution in [0.5, 0.6) is 11.5 Å². The Morgan fingerprint density at radius 3 is 2.60 bits per heavy atom. The first kappa shape index (κ1) is 18.3. The second-order valence-electron chi connectivity index (χ2n) is 5.17. The summed E-state index contributed by atoms with van der Waals surface area (Å²) in [4.78, 5) is 22.5. The van der Waals surface area contributed by atoms with Crippen molar-refractivity contribution in [3.63, 3.8) is 0 Å². The fraction of sp³-hybridized carbons (Fsp3) is 0.353. The number of carboxylic acids is 1. The van der Waals surface area contributed by atoms with Crippen LogP contribution >= 0.6 is 0 Å². The van der Waals surface area contributed by atoms with Crippen LogP contribution < -0.4 is 14.8 Å². The van der Waals surface area contributed by atoms with Gasteiger partial charge in [-0.1, -0.05) is 12.1 Å². The van der Waals surface area contributed by atoms with Crippen molar-refractivity contribution < 1.29 is 24.2 Å². The van der Waals surface area contributed by atoms with Crippen LogP contribution in [0.1, 0.15) is 19.8 Å². The standard InChI is InChI=1S/C17H21N3O5/c1-2-24-13-6-3-4-7-14(13)25-11-5-8-16(21)18-15-9-10-20(19-15)12-17(22)23/h3-4,6-7,9-10H,2,5,8,11-12H2,1H3,(H,22,23)(H,18,19,21). The van der Waals surface area contributed by atoms with Crippen molar-refractivity contribution in [1.82, 2.24) is 9.78 Å². The molecule has 0 atom stereocenters. The predicted octanol–water partition coefficient (Wildman–Crippen LogP) is 2.16. The van der Waals surface area contributed by atoms with Crippen LogP contribution in [-0.2, 0) is 16.1 Å². The van der Waals surface area contributed by atoms with Crippen molar-refractivity contribution in [1.29, 1.82) is 0 Å². The van der Waals surface area contributed by atoms with Crippen LogP contribution in [0.25, 0.3) is 0 Å². The lowest BCUT2D eigenvalue weighted by molar-refractivity contribution is -0.137. The summed E-state index contributed by atoms with van der Waals surface area (Å²) in [5, 5.41) is 15.3. The maximum absolute atomic E-state index is 11.9. The summed E-state index contributed by atoms with van der Waals surface area (Å²) in [7, 11) is 0. The second-order valence-corrected chi connectivity index (χ2v) is 5.17. The molecule has 0 radical (unpaired) electrons. The Labute approximate surface area is 145 Å². The van der Waals surface area contributed by atoms with Gasteiger partial charge in [0.2, 0.25) is 5.91 Å². The summed E-state index contributed by atoms with van der Waals surface area (Å²) in [6.45, 7) is 2.59. The zero-order chi connectivity index (χ0) is 18.1. The van der Waals surface area contributed by atoms with Crippen LogP contribution in [-0.4, -0.2) is 40.0 Å². The molecular formula is C17H21N3O5. The fourth-order valence-electron chi connectivity index (χ4n) is 2.12. The van der Waals surface area contributed by atoms with Gasteiger partial charge >= 0.3 is 5.97 Å². The van der Waals surface area contributed by atoms with E-state index in [-0.39, 0.29) is 18.9 Å². The van der Waals surface area contributed by atoms with Crippen LogP contribution in [0.3, 0.4) is 0 Å². The van der Waals surface area contributed by atoms with E-state index in [1.165, 1.54) is 10.9 Å². The number of para-hydroxylation sites is 2. The van der Waals surface area contributed by atoms with Crippen molar-refractivity contribution in [2.45, 2.75) is 26.3 Å². The quantitative estimate of drug-likeness (QED) is 0.639. The molecule has 1 heterocycles. The van der Waals surface area contributed by atoms with Crippen LogP contribution in [0.15, 0.2) is 36.5 Å². The van der Waals surface area contributed by atoms with Gasteiger partial charge in [0, 0.05) is 18.7 Å². The second kappa shape index (κ2) is 9.31. The first-order valence-electron chi connectivity index (χ1n) is 7.98. The minimum absolute atomic E-state index is 0.206. The average Bonchev–Trinajstić information content (AvgIpc) is 2.99. The van der Waals surface area contributed by atoms with E-state index in [1.807, 2.05) is 31.2 Å². The third-order valence-corrected chi connectivity index (χ3v) is 3.16. The van der Waals surface area contributed by atoms with E-state index >= 15 is 0 Å². The summed E-state index contributed by atoms with van der Waals surface area (Å²) >= 11 is 0. The van der Waals surface area contributed by atoms with E-state index in [1.54, 1.807) is 6.07 Å². The number of nitrogens with zero attached hydrogens (tertiary/aromatic N) is 2. The highest BCUT2D eigenvalue weighted by Crippen LogP contribution is 2.26. The van der Waals surface area contributed by atoms with Gasteiger partial charge in [0.05, 0.1) is 13.2 Å². The lowest BCUT2D eigenvalue weighted by Crippen LogP contribution is -2.14. The third-order valence-electron chi connectivity index (χ3n) is 3.16. The number of aromatic nitrogens is 2. The molecule has 0 bridgehead atoms. The summed E-state index contributed by atoms with van der Waals surface area (Å²) in [6.07, 6.45) is 2.29. The molecular weight excluding hydrogens is 326 g/mol. The number of benzene rings is 1. The molecule has 2 aromatic rings. The molecule has 0 aliphatic carbocycles. The largest absolute Gasteiger partial charge is 0.490 e. The first-order valence-corrected chi connectivity index (χ1v) is 7.98. The molecule has 134 valence electrons. The molecule has 1 aromatic heterocycles. The molecule has 0 aliphatic rings. The predicted molar refractivity (Wildman–Crippen MR) is 90.8 cm³/mol. The molecule has 0 saturated carbocycles. The molecule has 0 spiro atoms. The van der Waals surface area contributed by atoms with E-state index in [2.05, 4.69) is 10.4 Å². The Morgan fingerprint density at radius 2 is 1.92 bits per heavy atom. The SMILES string of the molecule is CCOc1ccccc1OCCCC(=O)Nc1ccn(CC(=O)O)n1. The zero-order valence-corrected chi connectivity index (χ0v) is 14.0. The number of amides is 1. The molecule has 1 aromatic carbocycles. The minimum atomic E-state index is -0.995. The van der Waals surface area contributed by atoms with Gasteiger partial charge in [-0.2, -0.15) is 5.10 Å². The molecule has 2 rings (SSSR count). The lowest BCUT2D eigenvalue weighted by atomic mass is 10.3. The number of anilines is 1. The lowest BCUT2D eigenvalue weighted by Gasteiger charge is -2.11. The van der Waals surface area contributed by atoms with Crippen LogP contribution in [0.4, 0.5) is 5.82 Å². The number of nitrogens with one attached hydrogen (secondary N) is 1. The Kier molecular flexibility index (Phi) is 6.82. The van der Waals surface area contributed by atoms with Gasteiger partial charge in [-0.3, -0.25) is 14.3 Å². The number of carbonyl (C=O) groups is 2. The highest BCUT2D eigenvalue weighted by atomic mass is 16.5. The topological polar surface area (TPSA) is 103 Å². The Bertz CT molecular complexity index is 714. The monoisotopic (exact) mass is 347 g/mol. The number of hydrogen-bond donors (Lipinski definition) is 2. The molecule has 0 aliphatic heterocycles. The van der Waals surface area contributed by atoms with E-state index in [4.69, 9.17) is 14.6 Å². The minimum Gasteiger partial charge on any atom is -0.490 e. The van der Waals surface area contributed by atoms with Gasteiger partial charge < -0.3 is 19.9 Å². The van der Waals surface area contributed by atoms with Gasteiger partial charge in [0.25, 0.3) is 0 Å². The number of hydrogen-bond acceptors (Lipinski definition) is 5. The molecule has 0 fully saturated rings. The van der Waals surface area contributed by atoms with Gasteiger partial charge in [0.1, 0.15) is 6.54 Å². The number of rotatable bonds is 10. The molecule has 0 unspecified atom stereocenters. The smallest absolute Gasteiger partial charge is 0.325 e. The number of carboxylic acid groups (broad SMARTS) is 1. The highest BCUT2D eigenvalue weighted by Gasteiger charge is 2.08. The van der Waals surface area contributed by atoms with E-state index in [9.17, 15) is 9.59 Å². The van der Waals surface area contributed by atoms with E-state index in [0.717, 1.165) is 0 Å². The van der Waals surface area contributed by atoms with Crippen LogP contribution in [0, 0.1) is 0 Å². The zero-order valence-electron chi connectivity index (χ0n) is 14.0. The number of carbonyl (C=O) groups excluding carboxylic acids is 1. The Morgan fingerprint density at radius 1 is 1.20 bits per heavy atom. The van der Waals surface area contributed by atoms with Gasteiger partial charge in [-0.05, 0) is 25.5 Å². The van der Waals surface area contributed by atoms with Crippen molar-refractivity contribution >= 4 is 17.7 Å². The number of ether oxygens (including phenoxy) is 2. The molecule has 1 amide bonds. The van der Waals surface area contributed by atoms with E-state index in [0.29, 0.717) is 37.0 Å². The van der Waals surface area contributed by atoms with Crippen molar-refractivity contribution in [3.8, 4) is 11.5 Å². The molecule has 25 heavy (non-hydrogen) atoms. The van der Waals surface area contributed by atoms with Gasteiger partial charge in [-0.15, -0.1) is 0 Å². The molecule has 8 nitrogen and oxygen atoms in total. The maximum Gasteiger partial charge on any atom is 0.325 e. The summed E-state index contributed by atoms with van der Waals surface area (Å²) in [6, 6.07) is 8.93. The summed E-state index contributed by atoms with van der Waals surface area (Å²) < 4.78 is 12.4. The van der Waals surface area contributed by atoms with E-state index < -0.39 is 5.97 Å². The molecule has 0 saturated heterocycles. The van der Waals surface area contributed by atoms with Crippen molar-refractivity contribution in [2.75, 3.05) is 18.5 Å². The van der Waals surface area contributed by atoms with Crippen molar-refractivity contribution in [2.24, 2.45) is 0 Å². The third kappa shape index (κ3) is 6.17. The highest BCUT2D eigenvalue weighted by molar-refractivity contribution is 5.89. The summed E-state index contributed by atoms with van der Waals surface area (Å²) in [5.41, 5.74) is 0.